The van der Waals surface area contributed by atoms with E-state index < -0.39 is 0 Å². The van der Waals surface area contributed by atoms with Crippen molar-refractivity contribution >= 4 is 37.8 Å². The summed E-state index contributed by atoms with van der Waals surface area (Å²) in [5.41, 5.74) is 1.24. The van der Waals surface area contributed by atoms with Gasteiger partial charge in [-0.05, 0) is 18.6 Å². The summed E-state index contributed by atoms with van der Waals surface area (Å²) in [5.74, 6) is 0.138. The van der Waals surface area contributed by atoms with Crippen LogP contribution in [0, 0.1) is 0 Å². The molecule has 0 aliphatic heterocycles. The summed E-state index contributed by atoms with van der Waals surface area (Å²) in [7, 11) is 1.53. The lowest BCUT2D eigenvalue weighted by Gasteiger charge is -2.13. The minimum Gasteiger partial charge on any atom is -0.496 e. The Morgan fingerprint density at radius 2 is 2.12 bits per heavy atom. The molecule has 16 heavy (non-hydrogen) atoms. The molecule has 0 aliphatic carbocycles. The van der Waals surface area contributed by atoms with Gasteiger partial charge >= 0.3 is 5.97 Å². The predicted octanol–water partition coefficient (Wildman–Crippen LogP) is 3.66. The van der Waals surface area contributed by atoms with Gasteiger partial charge in [0.05, 0.1) is 17.5 Å². The number of methoxy groups -OCH3 is 1. The third-order valence-corrected chi connectivity index (χ3v) is 2.98. The molecule has 1 rings (SSSR count). The Hall–Kier alpha value is -0.550. The molecule has 0 unspecified atom stereocenters. The molecule has 0 saturated heterocycles. The van der Waals surface area contributed by atoms with Gasteiger partial charge in [0.25, 0.3) is 0 Å². The van der Waals surface area contributed by atoms with E-state index >= 15 is 0 Å². The highest BCUT2D eigenvalue weighted by molar-refractivity contribution is 9.24. The molecule has 0 radical (unpaired) electrons. The average molecular weight is 352 g/mol. The first kappa shape index (κ1) is 13.5. The van der Waals surface area contributed by atoms with Crippen molar-refractivity contribution in [2.45, 2.75) is 10.7 Å². The topological polar surface area (TPSA) is 35.5 Å². The molecule has 88 valence electrons. The van der Waals surface area contributed by atoms with Gasteiger partial charge in [-0.3, -0.25) is 0 Å². The van der Waals surface area contributed by atoms with Crippen LogP contribution in [0.4, 0.5) is 0 Å². The zero-order chi connectivity index (χ0) is 12.1. The van der Waals surface area contributed by atoms with E-state index in [1.807, 2.05) is 12.1 Å². The maximum absolute atomic E-state index is 11.8. The summed E-state index contributed by atoms with van der Waals surface area (Å²) in [4.78, 5) is 11.8. The lowest BCUT2D eigenvalue weighted by molar-refractivity contribution is 0.0521. The molecule has 1 aromatic carbocycles. The molecule has 0 amide bonds. The monoisotopic (exact) mass is 350 g/mol. The fraction of sp³-hybridized carbons (Fsp3) is 0.364. The summed E-state index contributed by atoms with van der Waals surface area (Å²) in [6.45, 7) is 2.11. The quantitative estimate of drug-likeness (QED) is 0.613. The molecule has 0 fully saturated rings. The predicted molar refractivity (Wildman–Crippen MR) is 69.5 cm³/mol. The largest absolute Gasteiger partial charge is 0.496 e. The molecule has 0 saturated carbocycles. The smallest absolute Gasteiger partial charge is 0.342 e. The van der Waals surface area contributed by atoms with Crippen LogP contribution < -0.4 is 4.74 Å². The second-order valence-corrected chi connectivity index (χ2v) is 6.01. The zero-order valence-electron chi connectivity index (χ0n) is 9.00. The highest BCUT2D eigenvalue weighted by Crippen LogP contribution is 2.35. The summed E-state index contributed by atoms with van der Waals surface area (Å²) in [6, 6.07) is 5.40. The molecule has 5 heteroatoms. The third kappa shape index (κ3) is 2.98. The van der Waals surface area contributed by atoms with Crippen LogP contribution in [0.2, 0.25) is 0 Å². The zero-order valence-corrected chi connectivity index (χ0v) is 12.2. The minimum absolute atomic E-state index is 0.116. The van der Waals surface area contributed by atoms with E-state index in [4.69, 9.17) is 9.47 Å². The molecular weight excluding hydrogens is 340 g/mol. The molecule has 0 atom stereocenters. The number of hydrogen-bond donors (Lipinski definition) is 0. The fourth-order valence-electron chi connectivity index (χ4n) is 1.32. The van der Waals surface area contributed by atoms with Gasteiger partial charge in [0.2, 0.25) is 0 Å². The van der Waals surface area contributed by atoms with Crippen LogP contribution in [0.15, 0.2) is 18.2 Å². The number of rotatable bonds is 4. The molecule has 0 aliphatic rings. The number of carbonyl (C=O) groups excluding carboxylic acids is 1. The number of ether oxygens (including phenoxy) is 2. The van der Waals surface area contributed by atoms with Gasteiger partial charge in [-0.15, -0.1) is 0 Å². The number of carbonyl (C=O) groups is 1. The Labute approximate surface area is 111 Å². The Kier molecular flexibility index (Phi) is 5.28. The van der Waals surface area contributed by atoms with Crippen molar-refractivity contribution in [3.05, 3.63) is 29.3 Å². The molecule has 1 aromatic rings. The number of halogens is 2. The van der Waals surface area contributed by atoms with Gasteiger partial charge in [-0.25, -0.2) is 4.79 Å². The first-order chi connectivity index (χ1) is 7.61. The van der Waals surface area contributed by atoms with E-state index in [9.17, 15) is 4.79 Å². The van der Waals surface area contributed by atoms with Crippen molar-refractivity contribution in [2.24, 2.45) is 0 Å². The summed E-state index contributed by atoms with van der Waals surface area (Å²) >= 11 is 6.74. The molecule has 0 bridgehead atoms. The number of benzene rings is 1. The van der Waals surface area contributed by atoms with Gasteiger partial charge < -0.3 is 9.47 Å². The second-order valence-electron chi connectivity index (χ2n) is 2.95. The lowest BCUT2D eigenvalue weighted by atomic mass is 10.1. The Balaban J connectivity index is 3.24. The highest BCUT2D eigenvalue weighted by atomic mass is 79.9. The van der Waals surface area contributed by atoms with Crippen LogP contribution >= 0.6 is 31.9 Å². The van der Waals surface area contributed by atoms with Crippen LogP contribution in [-0.2, 0) is 4.74 Å². The average Bonchev–Trinajstić information content (AvgIpc) is 2.28. The van der Waals surface area contributed by atoms with Crippen molar-refractivity contribution in [2.75, 3.05) is 13.7 Å². The third-order valence-electron chi connectivity index (χ3n) is 1.99. The van der Waals surface area contributed by atoms with E-state index in [0.29, 0.717) is 17.9 Å². The Bertz CT molecular complexity index is 377. The molecular formula is C11H12Br2O3. The maximum Gasteiger partial charge on any atom is 0.342 e. The molecule has 0 aromatic heterocycles. The second kappa shape index (κ2) is 6.25. The normalized spacial score (nSPS) is 10.3. The summed E-state index contributed by atoms with van der Waals surface area (Å²) in [5, 5.41) is 0. The molecule has 0 spiro atoms. The Morgan fingerprint density at radius 3 is 2.62 bits per heavy atom. The van der Waals surface area contributed by atoms with Crippen molar-refractivity contribution in [1.82, 2.24) is 0 Å². The fourth-order valence-corrected chi connectivity index (χ4v) is 2.08. The first-order valence-electron chi connectivity index (χ1n) is 4.74. The van der Waals surface area contributed by atoms with Crippen LogP contribution in [0.5, 0.6) is 5.75 Å². The van der Waals surface area contributed by atoms with Gasteiger partial charge in [0, 0.05) is 0 Å². The SMILES string of the molecule is CCOC(=O)c1c(OC)cccc1C(Br)Br. The van der Waals surface area contributed by atoms with Gasteiger partial charge in [-0.2, -0.15) is 0 Å². The van der Waals surface area contributed by atoms with E-state index in [2.05, 4.69) is 31.9 Å². The van der Waals surface area contributed by atoms with Crippen molar-refractivity contribution in [1.29, 1.82) is 0 Å². The van der Waals surface area contributed by atoms with Gasteiger partial charge in [-0.1, -0.05) is 44.0 Å². The van der Waals surface area contributed by atoms with Crippen LogP contribution in [0.25, 0.3) is 0 Å². The molecule has 3 nitrogen and oxygen atoms in total. The molecule has 0 N–H and O–H groups in total. The first-order valence-corrected chi connectivity index (χ1v) is 6.57. The van der Waals surface area contributed by atoms with E-state index in [-0.39, 0.29) is 9.71 Å². The van der Waals surface area contributed by atoms with Crippen molar-refractivity contribution in [3.8, 4) is 5.75 Å². The number of alkyl halides is 2. The van der Waals surface area contributed by atoms with Crippen LogP contribution in [-0.4, -0.2) is 19.7 Å². The van der Waals surface area contributed by atoms with Gasteiger partial charge in [0.1, 0.15) is 11.3 Å². The van der Waals surface area contributed by atoms with Gasteiger partial charge in [0.15, 0.2) is 0 Å². The number of hydrogen-bond acceptors (Lipinski definition) is 3. The van der Waals surface area contributed by atoms with Crippen LogP contribution in [0.1, 0.15) is 26.6 Å². The van der Waals surface area contributed by atoms with Crippen molar-refractivity contribution in [3.63, 3.8) is 0 Å². The van der Waals surface area contributed by atoms with E-state index in [0.717, 1.165) is 5.56 Å². The molecule has 0 heterocycles. The summed E-state index contributed by atoms with van der Waals surface area (Å²) in [6.07, 6.45) is 0. The highest BCUT2D eigenvalue weighted by Gasteiger charge is 2.21. The number of esters is 1. The van der Waals surface area contributed by atoms with Crippen molar-refractivity contribution < 1.29 is 14.3 Å². The van der Waals surface area contributed by atoms with E-state index in [1.165, 1.54) is 7.11 Å². The lowest BCUT2D eigenvalue weighted by Crippen LogP contribution is -2.10. The standard InChI is InChI=1S/C11H12Br2O3/c1-3-16-11(14)9-7(10(12)13)5-4-6-8(9)15-2/h4-6,10H,3H2,1-2H3. The van der Waals surface area contributed by atoms with Crippen LogP contribution in [0.3, 0.4) is 0 Å². The maximum atomic E-state index is 11.8. The minimum atomic E-state index is -0.376. The summed E-state index contributed by atoms with van der Waals surface area (Å²) < 4.78 is 10.0. The van der Waals surface area contributed by atoms with E-state index in [1.54, 1.807) is 13.0 Å². The Morgan fingerprint density at radius 1 is 1.44 bits per heavy atom.